The number of nitrogens with zero attached hydrogens (tertiary/aromatic N) is 3. The van der Waals surface area contributed by atoms with Gasteiger partial charge in [-0.05, 0) is 26.0 Å². The topological polar surface area (TPSA) is 88.9 Å². The molecule has 0 aliphatic heterocycles. The molecule has 0 spiro atoms. The maximum Gasteiger partial charge on any atom is 0.405 e. The molecule has 0 unspecified atom stereocenters. The number of halogens is 3. The van der Waals surface area contributed by atoms with Crippen molar-refractivity contribution in [1.82, 2.24) is 25.6 Å². The van der Waals surface area contributed by atoms with Gasteiger partial charge in [-0.15, -0.1) is 5.10 Å². The molecule has 2 amide bonds. The van der Waals surface area contributed by atoms with Gasteiger partial charge in [-0.2, -0.15) is 13.2 Å². The molecule has 0 radical (unpaired) electrons. The number of aromatic nitrogens is 3. The Balaban J connectivity index is 1.99. The van der Waals surface area contributed by atoms with E-state index < -0.39 is 31.1 Å². The average Bonchev–Trinajstić information content (AvgIpc) is 2.92. The fourth-order valence-electron chi connectivity index (χ4n) is 1.98. The summed E-state index contributed by atoms with van der Waals surface area (Å²) in [5, 5.41) is 11.5. The van der Waals surface area contributed by atoms with Crippen LogP contribution < -0.4 is 10.6 Å². The standard InChI is InChI=1S/C15H16F3N5O2/c1-9-3-5-11(6-4-9)23-10(2)13(21-22-23)14(25)19-7-12(24)20-8-15(16,17)18/h3-6H,7-8H2,1-2H3,(H,19,25)(H,20,24). The first-order valence-electron chi connectivity index (χ1n) is 7.28. The van der Waals surface area contributed by atoms with Gasteiger partial charge in [0, 0.05) is 0 Å². The van der Waals surface area contributed by atoms with Gasteiger partial charge in [-0.25, -0.2) is 4.68 Å². The summed E-state index contributed by atoms with van der Waals surface area (Å²) in [6, 6.07) is 7.37. The zero-order valence-corrected chi connectivity index (χ0v) is 13.5. The Morgan fingerprint density at radius 2 is 1.76 bits per heavy atom. The minimum Gasteiger partial charge on any atom is -0.345 e. The molecular formula is C15H16F3N5O2. The van der Waals surface area contributed by atoms with Crippen LogP contribution in [-0.2, 0) is 4.79 Å². The maximum atomic E-state index is 12.0. The van der Waals surface area contributed by atoms with E-state index in [2.05, 4.69) is 15.6 Å². The van der Waals surface area contributed by atoms with Crippen LogP contribution in [0.3, 0.4) is 0 Å². The summed E-state index contributed by atoms with van der Waals surface area (Å²) < 4.78 is 37.5. The highest BCUT2D eigenvalue weighted by Crippen LogP contribution is 2.13. The number of hydrogen-bond donors (Lipinski definition) is 2. The summed E-state index contributed by atoms with van der Waals surface area (Å²) in [6.45, 7) is 1.51. The summed E-state index contributed by atoms with van der Waals surface area (Å²) in [5.41, 5.74) is 2.20. The first-order chi connectivity index (χ1) is 11.7. The van der Waals surface area contributed by atoms with Gasteiger partial charge in [0.25, 0.3) is 5.91 Å². The van der Waals surface area contributed by atoms with Crippen molar-refractivity contribution in [2.45, 2.75) is 20.0 Å². The van der Waals surface area contributed by atoms with Crippen LogP contribution in [0.25, 0.3) is 5.69 Å². The maximum absolute atomic E-state index is 12.0. The van der Waals surface area contributed by atoms with Gasteiger partial charge in [0.05, 0.1) is 17.9 Å². The van der Waals surface area contributed by atoms with Crippen molar-refractivity contribution in [2.75, 3.05) is 13.1 Å². The molecule has 2 N–H and O–H groups in total. The fourth-order valence-corrected chi connectivity index (χ4v) is 1.98. The van der Waals surface area contributed by atoms with Gasteiger partial charge in [-0.3, -0.25) is 9.59 Å². The van der Waals surface area contributed by atoms with Crippen LogP contribution in [0.2, 0.25) is 0 Å². The van der Waals surface area contributed by atoms with Crippen LogP contribution in [0.1, 0.15) is 21.7 Å². The van der Waals surface area contributed by atoms with Crippen LogP contribution in [0.15, 0.2) is 24.3 Å². The van der Waals surface area contributed by atoms with Crippen molar-refractivity contribution in [3.63, 3.8) is 0 Å². The van der Waals surface area contributed by atoms with Crippen LogP contribution in [0.4, 0.5) is 13.2 Å². The van der Waals surface area contributed by atoms with E-state index in [1.807, 2.05) is 31.2 Å². The third-order valence-corrected chi connectivity index (χ3v) is 3.28. The van der Waals surface area contributed by atoms with Crippen molar-refractivity contribution in [3.8, 4) is 5.69 Å². The summed E-state index contributed by atoms with van der Waals surface area (Å²) in [6.07, 6.45) is -4.51. The van der Waals surface area contributed by atoms with Gasteiger partial charge >= 0.3 is 6.18 Å². The van der Waals surface area contributed by atoms with Gasteiger partial charge < -0.3 is 10.6 Å². The summed E-state index contributed by atoms with van der Waals surface area (Å²) in [4.78, 5) is 23.3. The Kier molecular flexibility index (Phi) is 5.40. The predicted molar refractivity (Wildman–Crippen MR) is 82.2 cm³/mol. The second kappa shape index (κ2) is 7.32. The Morgan fingerprint density at radius 3 is 2.36 bits per heavy atom. The molecule has 7 nitrogen and oxygen atoms in total. The Labute approximate surface area is 141 Å². The van der Waals surface area contributed by atoms with Crippen LogP contribution >= 0.6 is 0 Å². The molecule has 1 aromatic carbocycles. The lowest BCUT2D eigenvalue weighted by Gasteiger charge is -2.08. The van der Waals surface area contributed by atoms with Crippen LogP contribution in [0.5, 0.6) is 0 Å². The molecule has 0 fully saturated rings. The number of aryl methyl sites for hydroxylation is 1. The lowest BCUT2D eigenvalue weighted by Crippen LogP contribution is -2.41. The lowest BCUT2D eigenvalue weighted by molar-refractivity contribution is -0.137. The van der Waals surface area contributed by atoms with Crippen molar-refractivity contribution >= 4 is 11.8 Å². The molecule has 25 heavy (non-hydrogen) atoms. The van der Waals surface area contributed by atoms with Gasteiger partial charge in [0.15, 0.2) is 5.69 Å². The summed E-state index contributed by atoms with van der Waals surface area (Å²) in [5.74, 6) is -1.65. The van der Waals surface area contributed by atoms with E-state index in [-0.39, 0.29) is 5.69 Å². The quantitative estimate of drug-likeness (QED) is 0.846. The zero-order valence-electron chi connectivity index (χ0n) is 13.5. The van der Waals surface area contributed by atoms with E-state index in [0.29, 0.717) is 11.4 Å². The number of hydrogen-bond acceptors (Lipinski definition) is 4. The molecule has 10 heteroatoms. The number of rotatable bonds is 5. The largest absolute Gasteiger partial charge is 0.405 e. The molecule has 0 aliphatic rings. The number of amides is 2. The number of benzene rings is 1. The van der Waals surface area contributed by atoms with Gasteiger partial charge in [0.2, 0.25) is 5.91 Å². The van der Waals surface area contributed by atoms with Crippen molar-refractivity contribution < 1.29 is 22.8 Å². The van der Waals surface area contributed by atoms with E-state index in [0.717, 1.165) is 5.56 Å². The number of carbonyl (C=O) groups excluding carboxylic acids is 2. The first-order valence-corrected chi connectivity index (χ1v) is 7.28. The Bertz CT molecular complexity index is 768. The second-order valence-electron chi connectivity index (χ2n) is 5.35. The molecule has 0 aliphatic carbocycles. The average molecular weight is 355 g/mol. The van der Waals surface area contributed by atoms with E-state index in [1.165, 1.54) is 4.68 Å². The third-order valence-electron chi connectivity index (χ3n) is 3.28. The van der Waals surface area contributed by atoms with Gasteiger partial charge in [-0.1, -0.05) is 22.9 Å². The summed E-state index contributed by atoms with van der Waals surface area (Å²) >= 11 is 0. The molecule has 0 bridgehead atoms. The first kappa shape index (κ1) is 18.4. The summed E-state index contributed by atoms with van der Waals surface area (Å²) in [7, 11) is 0. The highest BCUT2D eigenvalue weighted by atomic mass is 19.4. The molecule has 2 rings (SSSR count). The molecule has 0 saturated heterocycles. The normalized spacial score (nSPS) is 11.2. The van der Waals surface area contributed by atoms with Crippen molar-refractivity contribution in [1.29, 1.82) is 0 Å². The fraction of sp³-hybridized carbons (Fsp3) is 0.333. The van der Waals surface area contributed by atoms with Gasteiger partial charge in [0.1, 0.15) is 6.54 Å². The third kappa shape index (κ3) is 5.03. The number of carbonyl (C=O) groups is 2. The Hall–Kier alpha value is -2.91. The highest BCUT2D eigenvalue weighted by molar-refractivity contribution is 5.95. The molecule has 1 heterocycles. The molecule has 1 aromatic heterocycles. The van der Waals surface area contributed by atoms with Crippen LogP contribution in [0, 0.1) is 13.8 Å². The molecule has 0 atom stereocenters. The minimum atomic E-state index is -4.51. The predicted octanol–water partition coefficient (Wildman–Crippen LogP) is 1.29. The monoisotopic (exact) mass is 355 g/mol. The zero-order chi connectivity index (χ0) is 18.6. The molecule has 0 saturated carbocycles. The van der Waals surface area contributed by atoms with Crippen molar-refractivity contribution in [2.24, 2.45) is 0 Å². The van der Waals surface area contributed by atoms with Crippen LogP contribution in [-0.4, -0.2) is 46.1 Å². The van der Waals surface area contributed by atoms with E-state index in [4.69, 9.17) is 0 Å². The second-order valence-corrected chi connectivity index (χ2v) is 5.35. The van der Waals surface area contributed by atoms with E-state index in [1.54, 1.807) is 12.2 Å². The Morgan fingerprint density at radius 1 is 1.12 bits per heavy atom. The smallest absolute Gasteiger partial charge is 0.345 e. The van der Waals surface area contributed by atoms with E-state index >= 15 is 0 Å². The molecule has 2 aromatic rings. The highest BCUT2D eigenvalue weighted by Gasteiger charge is 2.27. The number of alkyl halides is 3. The minimum absolute atomic E-state index is 0.0100. The SMILES string of the molecule is Cc1ccc(-n2nnc(C(=O)NCC(=O)NCC(F)(F)F)c2C)cc1. The van der Waals surface area contributed by atoms with Crippen molar-refractivity contribution in [3.05, 3.63) is 41.2 Å². The lowest BCUT2D eigenvalue weighted by atomic mass is 10.2. The molecular weight excluding hydrogens is 339 g/mol. The molecule has 134 valence electrons. The number of nitrogens with one attached hydrogen (secondary N) is 2. The van der Waals surface area contributed by atoms with E-state index in [9.17, 15) is 22.8 Å².